The second kappa shape index (κ2) is 8.84. The quantitative estimate of drug-likeness (QED) is 0.881. The molecule has 3 heteroatoms. The van der Waals surface area contributed by atoms with Crippen LogP contribution in [0, 0.1) is 17.8 Å². The van der Waals surface area contributed by atoms with Crippen molar-refractivity contribution in [3.63, 3.8) is 0 Å². The van der Waals surface area contributed by atoms with Gasteiger partial charge in [0.25, 0.3) is 0 Å². The summed E-state index contributed by atoms with van der Waals surface area (Å²) in [4.78, 5) is 14.8. The molecule has 1 N–H and O–H groups in total. The van der Waals surface area contributed by atoms with Crippen molar-refractivity contribution in [2.75, 3.05) is 19.6 Å². The molecule has 2 aliphatic rings. The number of benzene rings is 1. The molecule has 0 spiro atoms. The number of nitrogens with one attached hydrogen (secondary N) is 1. The Bertz CT molecular complexity index is 536. The van der Waals surface area contributed by atoms with Gasteiger partial charge < -0.3 is 5.32 Å². The summed E-state index contributed by atoms with van der Waals surface area (Å²) in [6, 6.07) is 11.2. The van der Waals surface area contributed by atoms with Crippen LogP contribution in [0.15, 0.2) is 30.3 Å². The maximum Gasteiger partial charge on any atom is 0.234 e. The van der Waals surface area contributed by atoms with Crippen LogP contribution < -0.4 is 5.32 Å². The van der Waals surface area contributed by atoms with E-state index in [1.54, 1.807) is 0 Å². The van der Waals surface area contributed by atoms with Crippen molar-refractivity contribution in [2.24, 2.45) is 17.8 Å². The molecule has 1 aromatic rings. The fraction of sp³-hybridized carbons (Fsp3) is 0.682. The number of carbonyl (C=O) groups is 1. The van der Waals surface area contributed by atoms with Gasteiger partial charge in [0.2, 0.25) is 5.91 Å². The molecule has 0 unspecified atom stereocenters. The van der Waals surface area contributed by atoms with Crippen LogP contribution in [0.5, 0.6) is 0 Å². The minimum Gasteiger partial charge on any atom is -0.352 e. The van der Waals surface area contributed by atoms with E-state index in [9.17, 15) is 4.79 Å². The van der Waals surface area contributed by atoms with Crippen LogP contribution in [0.4, 0.5) is 0 Å². The highest BCUT2D eigenvalue weighted by atomic mass is 16.2. The molecule has 1 saturated carbocycles. The van der Waals surface area contributed by atoms with Crippen LogP contribution in [0.1, 0.15) is 51.5 Å². The summed E-state index contributed by atoms with van der Waals surface area (Å²) >= 11 is 0. The van der Waals surface area contributed by atoms with E-state index in [-0.39, 0.29) is 5.91 Å². The zero-order valence-electron chi connectivity index (χ0n) is 15.9. The number of hydrogen-bond donors (Lipinski definition) is 1. The normalized spacial score (nSPS) is 28.6. The third-order valence-electron chi connectivity index (χ3n) is 6.49. The van der Waals surface area contributed by atoms with Crippen molar-refractivity contribution >= 4 is 5.91 Å². The minimum atomic E-state index is 0.229. The van der Waals surface area contributed by atoms with E-state index in [1.165, 1.54) is 37.7 Å². The number of amides is 1. The summed E-state index contributed by atoms with van der Waals surface area (Å²) < 4.78 is 0. The number of piperidine rings is 1. The fourth-order valence-corrected chi connectivity index (χ4v) is 4.54. The smallest absolute Gasteiger partial charge is 0.234 e. The van der Waals surface area contributed by atoms with Gasteiger partial charge in [-0.15, -0.1) is 0 Å². The van der Waals surface area contributed by atoms with Gasteiger partial charge in [-0.3, -0.25) is 9.69 Å². The van der Waals surface area contributed by atoms with E-state index in [1.807, 2.05) is 0 Å². The number of rotatable bonds is 5. The van der Waals surface area contributed by atoms with Crippen LogP contribution in [0.2, 0.25) is 0 Å². The monoisotopic (exact) mass is 342 g/mol. The Kier molecular flexibility index (Phi) is 6.52. The molecule has 1 heterocycles. The minimum absolute atomic E-state index is 0.229. The van der Waals surface area contributed by atoms with Gasteiger partial charge in [0.15, 0.2) is 0 Å². The Morgan fingerprint density at radius 3 is 2.52 bits per heavy atom. The lowest BCUT2D eigenvalue weighted by atomic mass is 9.78. The Morgan fingerprint density at radius 2 is 1.80 bits per heavy atom. The molecule has 3 rings (SSSR count). The molecule has 3 atom stereocenters. The molecular formula is C22H34N2O. The number of carbonyl (C=O) groups excluding carboxylic acids is 1. The highest BCUT2D eigenvalue weighted by Gasteiger charge is 2.29. The molecule has 1 saturated heterocycles. The number of hydrogen-bond acceptors (Lipinski definition) is 2. The van der Waals surface area contributed by atoms with E-state index in [4.69, 9.17) is 0 Å². The molecule has 0 bridgehead atoms. The van der Waals surface area contributed by atoms with Gasteiger partial charge in [-0.05, 0) is 62.1 Å². The average Bonchev–Trinajstić information content (AvgIpc) is 2.62. The second-order valence-electron chi connectivity index (χ2n) is 8.35. The molecule has 1 amide bonds. The Balaban J connectivity index is 1.39. The van der Waals surface area contributed by atoms with Crippen LogP contribution in [-0.2, 0) is 11.2 Å². The van der Waals surface area contributed by atoms with E-state index >= 15 is 0 Å². The van der Waals surface area contributed by atoms with Crippen LogP contribution in [0.3, 0.4) is 0 Å². The summed E-state index contributed by atoms with van der Waals surface area (Å²) in [5, 5.41) is 3.32. The molecule has 0 aromatic heterocycles. The topological polar surface area (TPSA) is 32.3 Å². The maximum atomic E-state index is 12.5. The summed E-state index contributed by atoms with van der Waals surface area (Å²) in [6.45, 7) is 7.31. The highest BCUT2D eigenvalue weighted by Crippen LogP contribution is 2.29. The average molecular weight is 343 g/mol. The van der Waals surface area contributed by atoms with Crippen molar-refractivity contribution in [3.8, 4) is 0 Å². The number of likely N-dealkylation sites (tertiary alicyclic amines) is 1. The standard InChI is InChI=1S/C22H34N2O/c1-17-7-6-10-21(18(17)2)23-22(25)16-24-13-11-20(12-14-24)15-19-8-4-3-5-9-19/h3-5,8-9,17-18,20-21H,6-7,10-16H2,1-2H3,(H,23,25)/t17-,18+,21-/m0/s1. The van der Waals surface area contributed by atoms with Crippen LogP contribution in [0.25, 0.3) is 0 Å². The van der Waals surface area contributed by atoms with E-state index < -0.39 is 0 Å². The van der Waals surface area contributed by atoms with Crippen molar-refractivity contribution in [1.82, 2.24) is 10.2 Å². The van der Waals surface area contributed by atoms with Gasteiger partial charge in [-0.1, -0.05) is 57.0 Å². The lowest BCUT2D eigenvalue weighted by molar-refractivity contribution is -0.124. The van der Waals surface area contributed by atoms with E-state index in [0.717, 1.165) is 31.3 Å². The van der Waals surface area contributed by atoms with Crippen molar-refractivity contribution in [3.05, 3.63) is 35.9 Å². The van der Waals surface area contributed by atoms with Crippen LogP contribution >= 0.6 is 0 Å². The first-order valence-electron chi connectivity index (χ1n) is 10.2. The van der Waals surface area contributed by atoms with Gasteiger partial charge in [0.1, 0.15) is 0 Å². The van der Waals surface area contributed by atoms with E-state index in [0.29, 0.717) is 18.5 Å². The molecule has 138 valence electrons. The van der Waals surface area contributed by atoms with Crippen molar-refractivity contribution in [1.29, 1.82) is 0 Å². The first kappa shape index (κ1) is 18.4. The summed E-state index contributed by atoms with van der Waals surface area (Å²) in [5.74, 6) is 2.33. The maximum absolute atomic E-state index is 12.5. The highest BCUT2D eigenvalue weighted by molar-refractivity contribution is 5.78. The Morgan fingerprint density at radius 1 is 1.08 bits per heavy atom. The van der Waals surface area contributed by atoms with Crippen molar-refractivity contribution in [2.45, 2.75) is 58.4 Å². The van der Waals surface area contributed by atoms with Crippen molar-refractivity contribution < 1.29 is 4.79 Å². The summed E-state index contributed by atoms with van der Waals surface area (Å²) in [7, 11) is 0. The third kappa shape index (κ3) is 5.31. The van der Waals surface area contributed by atoms with Gasteiger partial charge in [-0.25, -0.2) is 0 Å². The third-order valence-corrected chi connectivity index (χ3v) is 6.49. The molecule has 25 heavy (non-hydrogen) atoms. The predicted molar refractivity (Wildman–Crippen MR) is 103 cm³/mol. The van der Waals surface area contributed by atoms with Gasteiger partial charge in [-0.2, -0.15) is 0 Å². The zero-order valence-corrected chi connectivity index (χ0v) is 15.9. The van der Waals surface area contributed by atoms with Gasteiger partial charge in [0.05, 0.1) is 6.54 Å². The second-order valence-corrected chi connectivity index (χ2v) is 8.35. The zero-order chi connectivity index (χ0) is 17.6. The largest absolute Gasteiger partial charge is 0.352 e. The molecule has 0 radical (unpaired) electrons. The van der Waals surface area contributed by atoms with E-state index in [2.05, 4.69) is 54.4 Å². The first-order chi connectivity index (χ1) is 12.1. The van der Waals surface area contributed by atoms with Gasteiger partial charge >= 0.3 is 0 Å². The molecule has 1 aromatic carbocycles. The number of nitrogens with zero attached hydrogens (tertiary/aromatic N) is 1. The Hall–Kier alpha value is -1.35. The van der Waals surface area contributed by atoms with Gasteiger partial charge in [0, 0.05) is 6.04 Å². The Labute approximate surface area is 153 Å². The molecule has 3 nitrogen and oxygen atoms in total. The predicted octanol–water partition coefficient (Wildman–Crippen LogP) is 3.88. The first-order valence-corrected chi connectivity index (χ1v) is 10.2. The fourth-order valence-electron chi connectivity index (χ4n) is 4.54. The molecular weight excluding hydrogens is 308 g/mol. The lowest BCUT2D eigenvalue weighted by Gasteiger charge is -2.36. The molecule has 1 aliphatic carbocycles. The lowest BCUT2D eigenvalue weighted by Crippen LogP contribution is -2.48. The SMILES string of the molecule is C[C@H]1[C@@H](NC(=O)CN2CCC(Cc3ccccc3)CC2)CCC[C@@H]1C. The molecule has 1 aliphatic heterocycles. The summed E-state index contributed by atoms with van der Waals surface area (Å²) in [6.07, 6.45) is 7.30. The van der Waals surface area contributed by atoms with Crippen LogP contribution in [-0.4, -0.2) is 36.5 Å². The summed E-state index contributed by atoms with van der Waals surface area (Å²) in [5.41, 5.74) is 1.44. The molecule has 2 fully saturated rings.